The molecule has 2 rings (SSSR count). The first kappa shape index (κ1) is 13.4. The number of likely N-dealkylation sites (tertiary alicyclic amines) is 1. The highest BCUT2D eigenvalue weighted by Gasteiger charge is 2.10. The summed E-state index contributed by atoms with van der Waals surface area (Å²) in [6.07, 6.45) is 4.72. The molecule has 1 aliphatic rings. The molecule has 1 fully saturated rings. The van der Waals surface area contributed by atoms with Crippen molar-refractivity contribution in [3.05, 3.63) is 29.8 Å². The first-order chi connectivity index (χ1) is 8.90. The monoisotopic (exact) mass is 248 g/mol. The third-order valence-electron chi connectivity index (χ3n) is 3.46. The van der Waals surface area contributed by atoms with Gasteiger partial charge in [0.25, 0.3) is 0 Å². The van der Waals surface area contributed by atoms with E-state index in [9.17, 15) is 0 Å². The maximum Gasteiger partial charge on any atom is 0.122 e. The number of ether oxygens (including phenoxy) is 1. The molecule has 0 unspecified atom stereocenters. The summed E-state index contributed by atoms with van der Waals surface area (Å²) in [6, 6.07) is 8.21. The molecule has 3 nitrogen and oxygen atoms in total. The van der Waals surface area contributed by atoms with Gasteiger partial charge in [0, 0.05) is 6.54 Å². The van der Waals surface area contributed by atoms with Gasteiger partial charge in [0.1, 0.15) is 5.75 Å². The van der Waals surface area contributed by atoms with E-state index in [1.54, 1.807) is 0 Å². The van der Waals surface area contributed by atoms with Crippen molar-refractivity contribution in [1.29, 1.82) is 0 Å². The highest BCUT2D eigenvalue weighted by molar-refractivity contribution is 5.33. The molecule has 1 aromatic rings. The van der Waals surface area contributed by atoms with Gasteiger partial charge in [-0.05, 0) is 56.9 Å². The summed E-state index contributed by atoms with van der Waals surface area (Å²) >= 11 is 0. The van der Waals surface area contributed by atoms with Crippen LogP contribution in [0.15, 0.2) is 24.3 Å². The molecule has 0 spiro atoms. The summed E-state index contributed by atoms with van der Waals surface area (Å²) in [5, 5.41) is 0. The van der Waals surface area contributed by atoms with Gasteiger partial charge in [-0.2, -0.15) is 0 Å². The van der Waals surface area contributed by atoms with Gasteiger partial charge in [0.15, 0.2) is 0 Å². The maximum atomic E-state index is 5.87. The molecule has 0 radical (unpaired) electrons. The van der Waals surface area contributed by atoms with Crippen LogP contribution in [0.5, 0.6) is 5.75 Å². The van der Waals surface area contributed by atoms with Gasteiger partial charge in [0.2, 0.25) is 0 Å². The van der Waals surface area contributed by atoms with E-state index in [-0.39, 0.29) is 0 Å². The van der Waals surface area contributed by atoms with E-state index in [0.717, 1.165) is 25.2 Å². The molecule has 0 saturated carbocycles. The third-order valence-corrected chi connectivity index (χ3v) is 3.46. The van der Waals surface area contributed by atoms with Gasteiger partial charge in [0.05, 0.1) is 6.61 Å². The van der Waals surface area contributed by atoms with Crippen molar-refractivity contribution >= 4 is 0 Å². The van der Waals surface area contributed by atoms with Gasteiger partial charge in [-0.15, -0.1) is 0 Å². The van der Waals surface area contributed by atoms with Crippen molar-refractivity contribution in [2.24, 2.45) is 5.73 Å². The molecule has 0 atom stereocenters. The zero-order valence-electron chi connectivity index (χ0n) is 11.1. The van der Waals surface area contributed by atoms with E-state index >= 15 is 0 Å². The van der Waals surface area contributed by atoms with E-state index < -0.39 is 0 Å². The highest BCUT2D eigenvalue weighted by Crippen LogP contribution is 2.18. The lowest BCUT2D eigenvalue weighted by molar-refractivity contribution is 0.262. The van der Waals surface area contributed by atoms with E-state index in [1.807, 2.05) is 18.2 Å². The average Bonchev–Trinajstić information content (AvgIpc) is 2.90. The second kappa shape index (κ2) is 7.39. The molecule has 1 heterocycles. The van der Waals surface area contributed by atoms with Crippen LogP contribution in [0.2, 0.25) is 0 Å². The Balaban J connectivity index is 1.72. The molecule has 0 amide bonds. The minimum Gasteiger partial charge on any atom is -0.493 e. The van der Waals surface area contributed by atoms with Crippen molar-refractivity contribution < 1.29 is 4.74 Å². The summed E-state index contributed by atoms with van der Waals surface area (Å²) in [4.78, 5) is 2.52. The van der Waals surface area contributed by atoms with Crippen LogP contribution >= 0.6 is 0 Å². The van der Waals surface area contributed by atoms with Gasteiger partial charge >= 0.3 is 0 Å². The van der Waals surface area contributed by atoms with Crippen LogP contribution in [-0.4, -0.2) is 37.7 Å². The van der Waals surface area contributed by atoms with Crippen LogP contribution in [0.1, 0.15) is 24.8 Å². The lowest BCUT2D eigenvalue weighted by Crippen LogP contribution is -2.22. The minimum atomic E-state index is 0.675. The normalized spacial score (nSPS) is 16.1. The Labute approximate surface area is 110 Å². The maximum absolute atomic E-state index is 5.87. The molecule has 1 aromatic carbocycles. The predicted molar refractivity (Wildman–Crippen MR) is 75.0 cm³/mol. The highest BCUT2D eigenvalue weighted by atomic mass is 16.5. The molecule has 100 valence electrons. The van der Waals surface area contributed by atoms with Crippen LogP contribution in [-0.2, 0) is 6.42 Å². The van der Waals surface area contributed by atoms with E-state index in [1.165, 1.54) is 38.0 Å². The largest absolute Gasteiger partial charge is 0.493 e. The van der Waals surface area contributed by atoms with Gasteiger partial charge in [-0.3, -0.25) is 0 Å². The molecule has 2 N–H and O–H groups in total. The van der Waals surface area contributed by atoms with Crippen LogP contribution in [0.3, 0.4) is 0 Å². The van der Waals surface area contributed by atoms with Crippen LogP contribution in [0, 0.1) is 0 Å². The van der Waals surface area contributed by atoms with Crippen LogP contribution < -0.4 is 10.5 Å². The molecule has 1 aliphatic heterocycles. The lowest BCUT2D eigenvalue weighted by Gasteiger charge is -2.15. The van der Waals surface area contributed by atoms with E-state index in [4.69, 9.17) is 10.5 Å². The Morgan fingerprint density at radius 1 is 1.17 bits per heavy atom. The Bertz CT molecular complexity index is 348. The number of benzene rings is 1. The summed E-state index contributed by atoms with van der Waals surface area (Å²) in [5.74, 6) is 1.00. The van der Waals surface area contributed by atoms with E-state index in [0.29, 0.717) is 6.54 Å². The molecular formula is C15H24N2O. The second-order valence-corrected chi connectivity index (χ2v) is 4.90. The van der Waals surface area contributed by atoms with Crippen molar-refractivity contribution in [2.75, 3.05) is 32.8 Å². The number of hydrogen-bond acceptors (Lipinski definition) is 3. The predicted octanol–water partition coefficient (Wildman–Crippen LogP) is 2.05. The SMILES string of the molecule is NCCc1ccccc1OCCCN1CCCC1. The third kappa shape index (κ3) is 4.00. The Hall–Kier alpha value is -1.06. The Morgan fingerprint density at radius 3 is 2.72 bits per heavy atom. The molecule has 3 heteroatoms. The zero-order chi connectivity index (χ0) is 12.6. The van der Waals surface area contributed by atoms with Crippen molar-refractivity contribution in [3.8, 4) is 5.75 Å². The fourth-order valence-electron chi connectivity index (χ4n) is 2.48. The number of hydrogen-bond donors (Lipinski definition) is 1. The topological polar surface area (TPSA) is 38.5 Å². The minimum absolute atomic E-state index is 0.675. The van der Waals surface area contributed by atoms with Crippen LogP contribution in [0.4, 0.5) is 0 Å². The summed E-state index contributed by atoms with van der Waals surface area (Å²) < 4.78 is 5.87. The summed E-state index contributed by atoms with van der Waals surface area (Å²) in [7, 11) is 0. The molecule has 0 aliphatic carbocycles. The smallest absolute Gasteiger partial charge is 0.122 e. The molecule has 18 heavy (non-hydrogen) atoms. The summed E-state index contributed by atoms with van der Waals surface area (Å²) in [6.45, 7) is 5.18. The average molecular weight is 248 g/mol. The number of para-hydroxylation sites is 1. The Kier molecular flexibility index (Phi) is 5.49. The van der Waals surface area contributed by atoms with Crippen molar-refractivity contribution in [3.63, 3.8) is 0 Å². The molecular weight excluding hydrogens is 224 g/mol. The Morgan fingerprint density at radius 2 is 1.94 bits per heavy atom. The lowest BCUT2D eigenvalue weighted by atomic mass is 10.1. The second-order valence-electron chi connectivity index (χ2n) is 4.90. The fraction of sp³-hybridized carbons (Fsp3) is 0.600. The number of nitrogens with two attached hydrogens (primary N) is 1. The molecule has 0 aromatic heterocycles. The van der Waals surface area contributed by atoms with Gasteiger partial charge in [-0.25, -0.2) is 0 Å². The van der Waals surface area contributed by atoms with Crippen LogP contribution in [0.25, 0.3) is 0 Å². The first-order valence-corrected chi connectivity index (χ1v) is 7.03. The van der Waals surface area contributed by atoms with Gasteiger partial charge < -0.3 is 15.4 Å². The summed E-state index contributed by atoms with van der Waals surface area (Å²) in [5.41, 5.74) is 6.83. The number of rotatable bonds is 7. The van der Waals surface area contributed by atoms with Crippen molar-refractivity contribution in [2.45, 2.75) is 25.7 Å². The van der Waals surface area contributed by atoms with Gasteiger partial charge in [-0.1, -0.05) is 18.2 Å². The zero-order valence-corrected chi connectivity index (χ0v) is 11.1. The molecule has 0 bridgehead atoms. The fourth-order valence-corrected chi connectivity index (χ4v) is 2.48. The van der Waals surface area contributed by atoms with E-state index in [2.05, 4.69) is 11.0 Å². The standard InChI is InChI=1S/C15H24N2O/c16-9-8-14-6-1-2-7-15(14)18-13-5-12-17-10-3-4-11-17/h1-2,6-7H,3-5,8-13,16H2. The molecule has 1 saturated heterocycles. The number of nitrogens with zero attached hydrogens (tertiary/aromatic N) is 1. The quantitative estimate of drug-likeness (QED) is 0.751. The van der Waals surface area contributed by atoms with Crippen molar-refractivity contribution in [1.82, 2.24) is 4.90 Å². The first-order valence-electron chi connectivity index (χ1n) is 7.03.